The van der Waals surface area contributed by atoms with Gasteiger partial charge in [0.25, 0.3) is 0 Å². The van der Waals surface area contributed by atoms with Crippen molar-refractivity contribution in [2.75, 3.05) is 0 Å². The highest BCUT2D eigenvalue weighted by atomic mass is 32.1. The molecule has 0 saturated heterocycles. The van der Waals surface area contributed by atoms with Gasteiger partial charge in [0.2, 0.25) is 0 Å². The highest BCUT2D eigenvalue weighted by molar-refractivity contribution is 7.26. The third-order valence-corrected chi connectivity index (χ3v) is 13.3. The SMILES string of the molecule is C=CC.c1ccc(-c2cccc3c2sc2cc(-c4ccc5cc(-n6c7cccc8ccc9c%10c%11ccccc%11n(-c%11ccccn%11)c%10cc6c9c87)ccc5c4)ccc23)cc1. The first-order valence-electron chi connectivity index (χ1n) is 20.4. The Morgan fingerprint density at radius 3 is 2.05 bits per heavy atom. The molecule has 0 amide bonds. The number of aromatic nitrogens is 3. The minimum Gasteiger partial charge on any atom is -0.309 e. The molecule has 0 fully saturated rings. The maximum atomic E-state index is 4.83. The fraction of sp³-hybridized carbons (Fsp3) is 0.0179. The lowest BCUT2D eigenvalue weighted by Crippen LogP contribution is -1.97. The van der Waals surface area contributed by atoms with Crippen molar-refractivity contribution in [2.45, 2.75) is 6.92 Å². The summed E-state index contributed by atoms with van der Waals surface area (Å²) in [5.41, 5.74) is 10.9. The van der Waals surface area contributed by atoms with E-state index in [0.717, 1.165) is 22.5 Å². The molecular weight excluding hydrogens is 747 g/mol. The highest BCUT2D eigenvalue weighted by Crippen LogP contribution is 2.46. The molecule has 0 aliphatic carbocycles. The second-order valence-electron chi connectivity index (χ2n) is 15.5. The van der Waals surface area contributed by atoms with Crippen LogP contribution in [0.15, 0.2) is 201 Å². The molecule has 0 aliphatic heterocycles. The summed E-state index contributed by atoms with van der Waals surface area (Å²) in [5.74, 6) is 0.920. The summed E-state index contributed by atoms with van der Waals surface area (Å²) in [6.45, 7) is 5.25. The number of benzene rings is 9. The maximum Gasteiger partial charge on any atom is 0.137 e. The Balaban J connectivity index is 0.00000126. The lowest BCUT2D eigenvalue weighted by molar-refractivity contribution is 1.08. The number of para-hydroxylation sites is 1. The Hall–Kier alpha value is -7.53. The van der Waals surface area contributed by atoms with Gasteiger partial charge in [-0.1, -0.05) is 133 Å². The number of hydrogen-bond acceptors (Lipinski definition) is 2. The standard InChI is InChI=1S/C53H31N3S.C3H6/c1-2-10-32(11-3-1)39-14-9-15-41-40-25-23-37(30-48(40)57-53(39)41)34-19-20-36-29-38(24-21-35(36)28-34)55-45-17-8-12-33-22-26-43-51-42-13-4-5-16-44(42)56(49-18-6-7-27-54-49)46(51)31-47(55)52(43)50(33)45;1-3-2/h1-31H;3H,1H2,2H3. The predicted octanol–water partition coefficient (Wildman–Crippen LogP) is 15.9. The van der Waals surface area contributed by atoms with Crippen LogP contribution in [0.25, 0.3) is 119 Å². The minimum atomic E-state index is 0.920. The van der Waals surface area contributed by atoms with Crippen molar-refractivity contribution >= 4 is 96.7 Å². The third kappa shape index (κ3) is 5.11. The summed E-state index contributed by atoms with van der Waals surface area (Å²) < 4.78 is 7.45. The van der Waals surface area contributed by atoms with E-state index < -0.39 is 0 Å². The van der Waals surface area contributed by atoms with E-state index in [1.165, 1.54) is 96.5 Å². The van der Waals surface area contributed by atoms with E-state index in [-0.39, 0.29) is 0 Å². The van der Waals surface area contributed by atoms with Crippen molar-refractivity contribution in [2.24, 2.45) is 0 Å². The molecule has 0 atom stereocenters. The lowest BCUT2D eigenvalue weighted by Gasteiger charge is -2.12. The van der Waals surface area contributed by atoms with Crippen LogP contribution in [0.1, 0.15) is 6.92 Å². The van der Waals surface area contributed by atoms with Gasteiger partial charge in [0.1, 0.15) is 5.82 Å². The van der Waals surface area contributed by atoms with Crippen LogP contribution in [0.4, 0.5) is 0 Å². The average molecular weight is 784 g/mol. The normalized spacial score (nSPS) is 11.8. The molecule has 3 nitrogen and oxygen atoms in total. The largest absolute Gasteiger partial charge is 0.309 e. The first-order chi connectivity index (χ1) is 29.7. The van der Waals surface area contributed by atoms with Crippen molar-refractivity contribution in [3.63, 3.8) is 0 Å². The molecule has 4 aromatic heterocycles. The molecule has 0 unspecified atom stereocenters. The number of nitrogens with zero attached hydrogens (tertiary/aromatic N) is 3. The summed E-state index contributed by atoms with van der Waals surface area (Å²) in [7, 11) is 0. The molecule has 13 aromatic rings. The summed E-state index contributed by atoms with van der Waals surface area (Å²) in [4.78, 5) is 4.83. The van der Waals surface area contributed by atoms with Crippen molar-refractivity contribution in [1.82, 2.24) is 14.1 Å². The van der Waals surface area contributed by atoms with E-state index in [0.29, 0.717) is 0 Å². The van der Waals surface area contributed by atoms with Gasteiger partial charge in [0.15, 0.2) is 0 Å². The average Bonchev–Trinajstić information content (AvgIpc) is 3.96. The van der Waals surface area contributed by atoms with E-state index in [4.69, 9.17) is 4.98 Å². The van der Waals surface area contributed by atoms with Crippen LogP contribution >= 0.6 is 11.3 Å². The summed E-state index contributed by atoms with van der Waals surface area (Å²) in [6.07, 6.45) is 3.63. The van der Waals surface area contributed by atoms with Gasteiger partial charge in [0.05, 0.1) is 22.1 Å². The third-order valence-electron chi connectivity index (χ3n) is 12.1. The first-order valence-corrected chi connectivity index (χ1v) is 21.3. The van der Waals surface area contributed by atoms with Crippen LogP contribution in [0.3, 0.4) is 0 Å². The Kier molecular flexibility index (Phi) is 7.78. The Morgan fingerprint density at radius 1 is 0.467 bits per heavy atom. The molecule has 9 aromatic carbocycles. The monoisotopic (exact) mass is 783 g/mol. The predicted molar refractivity (Wildman–Crippen MR) is 259 cm³/mol. The van der Waals surface area contributed by atoms with E-state index in [2.05, 4.69) is 192 Å². The molecule has 13 rings (SSSR count). The molecule has 4 heterocycles. The molecule has 0 N–H and O–H groups in total. The van der Waals surface area contributed by atoms with Crippen LogP contribution in [-0.2, 0) is 0 Å². The summed E-state index contributed by atoms with van der Waals surface area (Å²) >= 11 is 1.89. The first kappa shape index (κ1) is 34.5. The van der Waals surface area contributed by atoms with Gasteiger partial charge in [-0.25, -0.2) is 4.98 Å². The van der Waals surface area contributed by atoms with Crippen molar-refractivity contribution < 1.29 is 0 Å². The Labute approximate surface area is 350 Å². The van der Waals surface area contributed by atoms with Gasteiger partial charge in [0, 0.05) is 53.6 Å². The van der Waals surface area contributed by atoms with Crippen LogP contribution in [0.2, 0.25) is 0 Å². The molecule has 0 radical (unpaired) electrons. The van der Waals surface area contributed by atoms with Crippen LogP contribution in [0, 0.1) is 0 Å². The number of hydrogen-bond donors (Lipinski definition) is 0. The fourth-order valence-electron chi connectivity index (χ4n) is 9.59. The van der Waals surface area contributed by atoms with E-state index >= 15 is 0 Å². The van der Waals surface area contributed by atoms with Gasteiger partial charge >= 0.3 is 0 Å². The number of rotatable bonds is 4. The van der Waals surface area contributed by atoms with E-state index in [1.54, 1.807) is 6.08 Å². The van der Waals surface area contributed by atoms with Gasteiger partial charge < -0.3 is 4.57 Å². The zero-order chi connectivity index (χ0) is 39.9. The van der Waals surface area contributed by atoms with Crippen molar-refractivity contribution in [1.29, 1.82) is 0 Å². The molecule has 60 heavy (non-hydrogen) atoms. The van der Waals surface area contributed by atoms with Crippen LogP contribution in [-0.4, -0.2) is 14.1 Å². The molecule has 0 saturated carbocycles. The van der Waals surface area contributed by atoms with E-state index in [1.807, 2.05) is 30.5 Å². The minimum absolute atomic E-state index is 0.920. The summed E-state index contributed by atoms with van der Waals surface area (Å²) in [6, 6.07) is 66.9. The molecule has 0 spiro atoms. The number of fused-ring (bicyclic) bond motifs is 8. The second kappa shape index (κ2) is 13.5. The smallest absolute Gasteiger partial charge is 0.137 e. The van der Waals surface area contributed by atoms with Crippen LogP contribution < -0.4 is 0 Å². The fourth-order valence-corrected chi connectivity index (χ4v) is 10.9. The zero-order valence-corrected chi connectivity index (χ0v) is 33.7. The summed E-state index contributed by atoms with van der Waals surface area (Å²) in [5, 5.41) is 12.7. The molecule has 0 bridgehead atoms. The molecular formula is C56H37N3S. The van der Waals surface area contributed by atoms with Crippen molar-refractivity contribution in [3.8, 4) is 33.8 Å². The van der Waals surface area contributed by atoms with Gasteiger partial charge in [-0.3, -0.25) is 4.57 Å². The molecule has 282 valence electrons. The van der Waals surface area contributed by atoms with Crippen molar-refractivity contribution in [3.05, 3.63) is 201 Å². The highest BCUT2D eigenvalue weighted by Gasteiger charge is 2.23. The maximum absolute atomic E-state index is 4.83. The topological polar surface area (TPSA) is 22.8 Å². The van der Waals surface area contributed by atoms with E-state index in [9.17, 15) is 0 Å². The number of allylic oxidation sites excluding steroid dienone is 1. The molecule has 4 heteroatoms. The van der Waals surface area contributed by atoms with Gasteiger partial charge in [-0.15, -0.1) is 17.9 Å². The van der Waals surface area contributed by atoms with Gasteiger partial charge in [-0.2, -0.15) is 0 Å². The second-order valence-corrected chi connectivity index (χ2v) is 16.6. The Bertz CT molecular complexity index is 3790. The van der Waals surface area contributed by atoms with Gasteiger partial charge in [-0.05, 0) is 105 Å². The molecule has 0 aliphatic rings. The number of thiophene rings is 1. The zero-order valence-electron chi connectivity index (χ0n) is 32.9. The number of pyridine rings is 1. The van der Waals surface area contributed by atoms with Crippen LogP contribution in [0.5, 0.6) is 0 Å². The lowest BCUT2D eigenvalue weighted by atomic mass is 9.98. The Morgan fingerprint density at radius 2 is 1.17 bits per heavy atom. The quantitative estimate of drug-likeness (QED) is 0.129.